The molecular formula is C18H15N3OS. The first-order valence-electron chi connectivity index (χ1n) is 7.38. The predicted octanol–water partition coefficient (Wildman–Crippen LogP) is 4.59. The average molecular weight is 321 g/mol. The van der Waals surface area contributed by atoms with Crippen molar-refractivity contribution in [1.29, 1.82) is 0 Å². The monoisotopic (exact) mass is 321 g/mol. The summed E-state index contributed by atoms with van der Waals surface area (Å²) in [6, 6.07) is 16.0. The van der Waals surface area contributed by atoms with E-state index in [1.807, 2.05) is 67.8 Å². The summed E-state index contributed by atoms with van der Waals surface area (Å²) < 4.78 is 7.89. The third-order valence-corrected chi connectivity index (χ3v) is 4.63. The molecule has 0 amide bonds. The van der Waals surface area contributed by atoms with E-state index in [-0.39, 0.29) is 0 Å². The van der Waals surface area contributed by atoms with Crippen LogP contribution in [0.4, 0.5) is 0 Å². The zero-order valence-corrected chi connectivity index (χ0v) is 13.5. The lowest BCUT2D eigenvalue weighted by Gasteiger charge is -1.99. The highest BCUT2D eigenvalue weighted by Crippen LogP contribution is 2.27. The Morgan fingerprint density at radius 2 is 1.91 bits per heavy atom. The topological polar surface area (TPSA) is 43.3 Å². The van der Waals surface area contributed by atoms with Gasteiger partial charge in [0.25, 0.3) is 0 Å². The van der Waals surface area contributed by atoms with Crippen molar-refractivity contribution in [2.45, 2.75) is 17.8 Å². The van der Waals surface area contributed by atoms with Gasteiger partial charge in [-0.1, -0.05) is 36.0 Å². The van der Waals surface area contributed by atoms with Crippen LogP contribution in [0.3, 0.4) is 0 Å². The standard InChI is InChI=1S/C18H15N3OS/c1-13-16(20-17(22-13)14-7-3-2-4-8-14)12-23-18-19-11-15-9-5-6-10-21(15)18/h2-11H,12H2,1H3. The second-order valence-corrected chi connectivity index (χ2v) is 6.16. The van der Waals surface area contributed by atoms with Crippen LogP contribution in [0.1, 0.15) is 11.5 Å². The summed E-state index contributed by atoms with van der Waals surface area (Å²) in [5, 5.41) is 0.962. The van der Waals surface area contributed by atoms with Crippen LogP contribution >= 0.6 is 11.8 Å². The molecule has 4 aromatic rings. The summed E-state index contributed by atoms with van der Waals surface area (Å²) in [6.45, 7) is 1.96. The van der Waals surface area contributed by atoms with Crippen molar-refractivity contribution < 1.29 is 4.42 Å². The number of aromatic nitrogens is 3. The number of fused-ring (bicyclic) bond motifs is 1. The Morgan fingerprint density at radius 3 is 2.78 bits per heavy atom. The van der Waals surface area contributed by atoms with Crippen molar-refractivity contribution in [3.63, 3.8) is 0 Å². The largest absolute Gasteiger partial charge is 0.441 e. The summed E-state index contributed by atoms with van der Waals surface area (Å²) >= 11 is 1.66. The fraction of sp³-hybridized carbons (Fsp3) is 0.111. The molecule has 0 N–H and O–H groups in total. The number of imidazole rings is 1. The van der Waals surface area contributed by atoms with Gasteiger partial charge < -0.3 is 4.42 Å². The van der Waals surface area contributed by atoms with Gasteiger partial charge in [0.1, 0.15) is 5.76 Å². The maximum Gasteiger partial charge on any atom is 0.226 e. The van der Waals surface area contributed by atoms with E-state index >= 15 is 0 Å². The number of aryl methyl sites for hydroxylation is 1. The highest BCUT2D eigenvalue weighted by molar-refractivity contribution is 7.98. The van der Waals surface area contributed by atoms with Crippen molar-refractivity contribution in [2.75, 3.05) is 0 Å². The lowest BCUT2D eigenvalue weighted by molar-refractivity contribution is 0.540. The molecule has 3 heterocycles. The van der Waals surface area contributed by atoms with Gasteiger partial charge in [-0.15, -0.1) is 0 Å². The van der Waals surface area contributed by atoms with Crippen LogP contribution in [0.15, 0.2) is 70.5 Å². The van der Waals surface area contributed by atoms with Crippen LogP contribution < -0.4 is 0 Å². The molecule has 0 aliphatic heterocycles. The minimum absolute atomic E-state index is 0.673. The molecule has 0 saturated carbocycles. The van der Waals surface area contributed by atoms with E-state index in [9.17, 15) is 0 Å². The molecule has 4 nitrogen and oxygen atoms in total. The van der Waals surface area contributed by atoms with Gasteiger partial charge >= 0.3 is 0 Å². The first-order valence-corrected chi connectivity index (χ1v) is 8.36. The Balaban J connectivity index is 1.57. The van der Waals surface area contributed by atoms with Gasteiger partial charge in [-0.3, -0.25) is 4.40 Å². The second-order valence-electron chi connectivity index (χ2n) is 5.21. The molecule has 3 aromatic heterocycles. The van der Waals surface area contributed by atoms with E-state index in [0.29, 0.717) is 5.89 Å². The number of hydrogen-bond donors (Lipinski definition) is 0. The van der Waals surface area contributed by atoms with Gasteiger partial charge in [-0.2, -0.15) is 0 Å². The molecule has 0 aliphatic rings. The van der Waals surface area contributed by atoms with Crippen LogP contribution in [0, 0.1) is 6.92 Å². The minimum Gasteiger partial charge on any atom is -0.441 e. The number of benzene rings is 1. The van der Waals surface area contributed by atoms with Crippen molar-refractivity contribution in [3.05, 3.63) is 72.4 Å². The first kappa shape index (κ1) is 14.1. The first-order chi connectivity index (χ1) is 11.3. The molecule has 0 bridgehead atoms. The fourth-order valence-electron chi connectivity index (χ4n) is 2.43. The third-order valence-electron chi connectivity index (χ3n) is 3.66. The van der Waals surface area contributed by atoms with Crippen LogP contribution in [-0.4, -0.2) is 14.4 Å². The number of hydrogen-bond acceptors (Lipinski definition) is 4. The molecule has 0 fully saturated rings. The van der Waals surface area contributed by atoms with Gasteiger partial charge in [-0.25, -0.2) is 9.97 Å². The number of rotatable bonds is 4. The number of oxazole rings is 1. The van der Waals surface area contributed by atoms with Crippen molar-refractivity contribution in [1.82, 2.24) is 14.4 Å². The van der Waals surface area contributed by atoms with Crippen molar-refractivity contribution in [3.8, 4) is 11.5 Å². The van der Waals surface area contributed by atoms with E-state index < -0.39 is 0 Å². The quantitative estimate of drug-likeness (QED) is 0.516. The van der Waals surface area contributed by atoms with Crippen LogP contribution in [0.2, 0.25) is 0 Å². The molecule has 0 atom stereocenters. The van der Waals surface area contributed by atoms with Crippen LogP contribution in [-0.2, 0) is 5.75 Å². The SMILES string of the molecule is Cc1oc(-c2ccccc2)nc1CSc1ncc2ccccn12. The molecule has 4 rings (SSSR count). The molecule has 0 saturated heterocycles. The molecule has 1 aromatic carbocycles. The Bertz CT molecular complexity index is 943. The molecule has 0 unspecified atom stereocenters. The lowest BCUT2D eigenvalue weighted by atomic mass is 10.2. The Labute approximate surface area is 138 Å². The van der Waals surface area contributed by atoms with Crippen molar-refractivity contribution in [2.24, 2.45) is 0 Å². The summed E-state index contributed by atoms with van der Waals surface area (Å²) in [7, 11) is 0. The van der Waals surface area contributed by atoms with Gasteiger partial charge in [0.05, 0.1) is 17.4 Å². The summed E-state index contributed by atoms with van der Waals surface area (Å²) in [5.41, 5.74) is 3.05. The van der Waals surface area contributed by atoms with Gasteiger partial charge in [-0.05, 0) is 31.2 Å². The molecule has 0 spiro atoms. The molecular weight excluding hydrogens is 306 g/mol. The average Bonchev–Trinajstić information content (AvgIpc) is 3.17. The maximum atomic E-state index is 5.81. The molecule has 0 aliphatic carbocycles. The van der Waals surface area contributed by atoms with Gasteiger partial charge in [0.15, 0.2) is 5.16 Å². The highest BCUT2D eigenvalue weighted by atomic mass is 32.2. The smallest absolute Gasteiger partial charge is 0.226 e. The zero-order chi connectivity index (χ0) is 15.6. The maximum absolute atomic E-state index is 5.81. The Morgan fingerprint density at radius 1 is 1.09 bits per heavy atom. The zero-order valence-electron chi connectivity index (χ0n) is 12.6. The summed E-state index contributed by atoms with van der Waals surface area (Å²) in [6.07, 6.45) is 3.91. The Hall–Kier alpha value is -2.53. The lowest BCUT2D eigenvalue weighted by Crippen LogP contribution is -1.89. The molecule has 0 radical (unpaired) electrons. The van der Waals surface area contributed by atoms with Crippen molar-refractivity contribution >= 4 is 17.3 Å². The number of thioether (sulfide) groups is 1. The van der Waals surface area contributed by atoms with Crippen LogP contribution in [0.5, 0.6) is 0 Å². The van der Waals surface area contributed by atoms with Gasteiger partial charge in [0.2, 0.25) is 5.89 Å². The molecule has 5 heteroatoms. The molecule has 114 valence electrons. The second kappa shape index (κ2) is 5.93. The van der Waals surface area contributed by atoms with E-state index in [0.717, 1.165) is 33.4 Å². The van der Waals surface area contributed by atoms with E-state index in [2.05, 4.69) is 14.4 Å². The third kappa shape index (κ3) is 2.75. The fourth-order valence-corrected chi connectivity index (χ4v) is 3.39. The number of pyridine rings is 1. The number of nitrogens with zero attached hydrogens (tertiary/aromatic N) is 3. The predicted molar refractivity (Wildman–Crippen MR) is 91.4 cm³/mol. The highest BCUT2D eigenvalue weighted by Gasteiger charge is 2.13. The summed E-state index contributed by atoms with van der Waals surface area (Å²) in [4.78, 5) is 9.11. The minimum atomic E-state index is 0.673. The van der Waals surface area contributed by atoms with E-state index in [1.165, 1.54) is 0 Å². The Kier molecular flexibility index (Phi) is 3.63. The summed E-state index contributed by atoms with van der Waals surface area (Å²) in [5.74, 6) is 2.26. The van der Waals surface area contributed by atoms with E-state index in [1.54, 1.807) is 11.8 Å². The molecule has 23 heavy (non-hydrogen) atoms. The van der Waals surface area contributed by atoms with Gasteiger partial charge in [0, 0.05) is 17.5 Å². The van der Waals surface area contributed by atoms with E-state index in [4.69, 9.17) is 4.42 Å². The van der Waals surface area contributed by atoms with Crippen LogP contribution in [0.25, 0.3) is 17.0 Å². The normalized spacial score (nSPS) is 11.2.